The van der Waals surface area contributed by atoms with E-state index >= 15 is 0 Å². The number of benzene rings is 2. The number of nitrogens with zero attached hydrogens (tertiary/aromatic N) is 1. The van der Waals surface area contributed by atoms with E-state index in [0.717, 1.165) is 45.9 Å². The lowest BCUT2D eigenvalue weighted by Crippen LogP contribution is -2.39. The minimum Gasteiger partial charge on any atom is -0.477 e. The van der Waals surface area contributed by atoms with Crippen molar-refractivity contribution in [3.63, 3.8) is 0 Å². The van der Waals surface area contributed by atoms with Crippen molar-refractivity contribution in [2.75, 3.05) is 13.1 Å². The molecular formula is C31H33NO3S. The third-order valence-corrected chi connectivity index (χ3v) is 8.92. The molecule has 1 fully saturated rings. The van der Waals surface area contributed by atoms with Gasteiger partial charge in [0.05, 0.1) is 6.42 Å². The van der Waals surface area contributed by atoms with Gasteiger partial charge in [-0.25, -0.2) is 4.79 Å². The molecule has 2 aromatic carbocycles. The molecule has 5 heteroatoms. The lowest BCUT2D eigenvalue weighted by atomic mass is 9.75. The number of amides is 1. The second kappa shape index (κ2) is 10.8. The summed E-state index contributed by atoms with van der Waals surface area (Å²) < 4.78 is 0. The van der Waals surface area contributed by atoms with E-state index in [4.69, 9.17) is 0 Å². The van der Waals surface area contributed by atoms with E-state index in [1.165, 1.54) is 29.8 Å². The van der Waals surface area contributed by atoms with Crippen LogP contribution in [0.4, 0.5) is 0 Å². The highest BCUT2D eigenvalue weighted by atomic mass is 32.1. The molecule has 3 aromatic rings. The molecule has 0 bridgehead atoms. The van der Waals surface area contributed by atoms with Crippen LogP contribution >= 0.6 is 11.3 Å². The van der Waals surface area contributed by atoms with Crippen LogP contribution < -0.4 is 0 Å². The molecular weight excluding hydrogens is 466 g/mol. The fourth-order valence-corrected chi connectivity index (χ4v) is 6.72. The second-order valence-electron chi connectivity index (χ2n) is 10.2. The number of rotatable bonds is 6. The molecule has 1 N–H and O–H groups in total. The first kappa shape index (κ1) is 24.5. The van der Waals surface area contributed by atoms with Crippen LogP contribution in [0.3, 0.4) is 0 Å². The predicted octanol–water partition coefficient (Wildman–Crippen LogP) is 7.17. The Balaban J connectivity index is 1.51. The van der Waals surface area contributed by atoms with Crippen molar-refractivity contribution in [3.05, 3.63) is 88.3 Å². The first-order valence-corrected chi connectivity index (χ1v) is 13.8. The summed E-state index contributed by atoms with van der Waals surface area (Å²) in [5.41, 5.74) is 5.38. The zero-order chi connectivity index (χ0) is 25.1. The molecule has 1 saturated carbocycles. The van der Waals surface area contributed by atoms with E-state index in [1.54, 1.807) is 0 Å². The summed E-state index contributed by atoms with van der Waals surface area (Å²) in [6.45, 7) is 3.55. The quantitative estimate of drug-likeness (QED) is 0.391. The molecule has 5 rings (SSSR count). The van der Waals surface area contributed by atoms with Gasteiger partial charge in [-0.05, 0) is 59.4 Å². The number of aromatic carboxylic acids is 1. The third-order valence-electron chi connectivity index (χ3n) is 7.75. The lowest BCUT2D eigenvalue weighted by Gasteiger charge is -2.37. The molecule has 0 unspecified atom stereocenters. The smallest absolute Gasteiger partial charge is 0.346 e. The number of carboxylic acids is 1. The average molecular weight is 500 g/mol. The Morgan fingerprint density at radius 3 is 2.31 bits per heavy atom. The molecule has 1 aromatic heterocycles. The number of carboxylic acid groups (broad SMARTS) is 1. The Kier molecular flexibility index (Phi) is 7.38. The van der Waals surface area contributed by atoms with Gasteiger partial charge in [0.25, 0.3) is 0 Å². The van der Waals surface area contributed by atoms with Crippen LogP contribution in [-0.2, 0) is 11.2 Å². The van der Waals surface area contributed by atoms with Crippen LogP contribution in [-0.4, -0.2) is 35.0 Å². The Morgan fingerprint density at radius 2 is 1.64 bits per heavy atom. The maximum Gasteiger partial charge on any atom is 0.346 e. The SMILES string of the molecule is CC1CCC(C2=C(c3cc(-c4ccccc4)sc3C(=O)O)CCN(C(=O)Cc3ccccc3)C2)CC1. The maximum absolute atomic E-state index is 13.3. The fourth-order valence-electron chi connectivity index (χ4n) is 5.69. The van der Waals surface area contributed by atoms with Gasteiger partial charge >= 0.3 is 5.97 Å². The van der Waals surface area contributed by atoms with Gasteiger partial charge in [0, 0.05) is 23.5 Å². The topological polar surface area (TPSA) is 57.6 Å². The Bertz CT molecular complexity index is 1250. The molecule has 1 aliphatic carbocycles. The minimum atomic E-state index is -0.871. The van der Waals surface area contributed by atoms with Gasteiger partial charge in [0.2, 0.25) is 5.91 Å². The van der Waals surface area contributed by atoms with Crippen LogP contribution in [0.15, 0.2) is 72.3 Å². The van der Waals surface area contributed by atoms with Gasteiger partial charge in [-0.15, -0.1) is 11.3 Å². The van der Waals surface area contributed by atoms with Crippen LogP contribution in [0.2, 0.25) is 0 Å². The van der Waals surface area contributed by atoms with E-state index in [0.29, 0.717) is 36.7 Å². The molecule has 36 heavy (non-hydrogen) atoms. The van der Waals surface area contributed by atoms with Crippen molar-refractivity contribution in [2.24, 2.45) is 11.8 Å². The Labute approximate surface area is 217 Å². The molecule has 4 nitrogen and oxygen atoms in total. The number of carbonyl (C=O) groups is 2. The average Bonchev–Trinajstić information content (AvgIpc) is 3.36. The minimum absolute atomic E-state index is 0.149. The molecule has 0 saturated heterocycles. The van der Waals surface area contributed by atoms with Crippen molar-refractivity contribution in [3.8, 4) is 10.4 Å². The van der Waals surface area contributed by atoms with Gasteiger partial charge in [0.1, 0.15) is 4.88 Å². The van der Waals surface area contributed by atoms with Gasteiger partial charge in [0.15, 0.2) is 0 Å². The maximum atomic E-state index is 13.3. The molecule has 1 aliphatic heterocycles. The zero-order valence-electron chi connectivity index (χ0n) is 20.8. The summed E-state index contributed by atoms with van der Waals surface area (Å²) in [6.07, 6.45) is 5.70. The van der Waals surface area contributed by atoms with Gasteiger partial charge in [-0.2, -0.15) is 0 Å². The van der Waals surface area contributed by atoms with Crippen LogP contribution in [0.5, 0.6) is 0 Å². The van der Waals surface area contributed by atoms with Crippen LogP contribution in [0.1, 0.15) is 59.8 Å². The third kappa shape index (κ3) is 5.31. The number of thiophene rings is 1. The van der Waals surface area contributed by atoms with Crippen molar-refractivity contribution >= 4 is 28.8 Å². The Morgan fingerprint density at radius 1 is 0.972 bits per heavy atom. The molecule has 2 aliphatic rings. The van der Waals surface area contributed by atoms with Crippen LogP contribution in [0.25, 0.3) is 16.0 Å². The molecule has 186 valence electrons. The van der Waals surface area contributed by atoms with Gasteiger partial charge in [-0.1, -0.05) is 80.4 Å². The lowest BCUT2D eigenvalue weighted by molar-refractivity contribution is -0.130. The largest absolute Gasteiger partial charge is 0.477 e. The van der Waals surface area contributed by atoms with E-state index in [-0.39, 0.29) is 5.91 Å². The number of carbonyl (C=O) groups excluding carboxylic acids is 1. The van der Waals surface area contributed by atoms with E-state index in [9.17, 15) is 14.7 Å². The van der Waals surface area contributed by atoms with E-state index in [1.807, 2.05) is 65.6 Å². The van der Waals surface area contributed by atoms with Gasteiger partial charge < -0.3 is 10.0 Å². The summed E-state index contributed by atoms with van der Waals surface area (Å²) in [6, 6.07) is 22.0. The van der Waals surface area contributed by atoms with Gasteiger partial charge in [-0.3, -0.25) is 4.79 Å². The van der Waals surface area contributed by atoms with E-state index in [2.05, 4.69) is 13.0 Å². The molecule has 2 heterocycles. The first-order chi connectivity index (χ1) is 17.5. The molecule has 1 amide bonds. The normalized spacial score (nSPS) is 20.4. The molecule has 0 atom stereocenters. The van der Waals surface area contributed by atoms with Crippen molar-refractivity contribution in [1.29, 1.82) is 0 Å². The highest BCUT2D eigenvalue weighted by molar-refractivity contribution is 7.17. The summed E-state index contributed by atoms with van der Waals surface area (Å²) >= 11 is 1.36. The predicted molar refractivity (Wildman–Crippen MR) is 146 cm³/mol. The zero-order valence-corrected chi connectivity index (χ0v) is 21.6. The summed E-state index contributed by atoms with van der Waals surface area (Å²) in [4.78, 5) is 29.0. The number of hydrogen-bond acceptors (Lipinski definition) is 3. The fraction of sp³-hybridized carbons (Fsp3) is 0.355. The standard InChI is InChI=1S/C31H33NO3S/c1-21-12-14-23(15-13-21)27-20-32(29(33)18-22-8-4-2-5-9-22)17-16-25(27)26-19-28(36-30(26)31(34)35)24-10-6-3-7-11-24/h2-11,19,21,23H,12-18,20H2,1H3,(H,34,35). The molecule has 0 spiro atoms. The summed E-state index contributed by atoms with van der Waals surface area (Å²) in [5, 5.41) is 10.1. The van der Waals surface area contributed by atoms with Crippen molar-refractivity contribution < 1.29 is 14.7 Å². The van der Waals surface area contributed by atoms with E-state index < -0.39 is 5.97 Å². The summed E-state index contributed by atoms with van der Waals surface area (Å²) in [7, 11) is 0. The Hall–Kier alpha value is -3.18. The molecule has 0 radical (unpaired) electrons. The summed E-state index contributed by atoms with van der Waals surface area (Å²) in [5.74, 6) is 0.412. The van der Waals surface area contributed by atoms with Crippen molar-refractivity contribution in [2.45, 2.75) is 45.4 Å². The first-order valence-electron chi connectivity index (χ1n) is 13.0. The number of hydrogen-bond donors (Lipinski definition) is 1. The highest BCUT2D eigenvalue weighted by Crippen LogP contribution is 2.43. The second-order valence-corrected chi connectivity index (χ2v) is 11.3. The van der Waals surface area contributed by atoms with Crippen molar-refractivity contribution in [1.82, 2.24) is 4.90 Å². The highest BCUT2D eigenvalue weighted by Gasteiger charge is 2.32. The monoisotopic (exact) mass is 499 g/mol. The van der Waals surface area contributed by atoms with Crippen LogP contribution in [0, 0.1) is 11.8 Å².